The first-order valence-corrected chi connectivity index (χ1v) is 42.5. The molecule has 95 heavy (non-hydrogen) atoms. The van der Waals surface area contributed by atoms with Crippen LogP contribution >= 0.6 is 15.6 Å². The van der Waals surface area contributed by atoms with E-state index in [2.05, 4.69) is 41.5 Å². The largest absolute Gasteiger partial charge is 0.472 e. The first-order chi connectivity index (χ1) is 45.9. The molecule has 0 rings (SSSR count). The lowest BCUT2D eigenvalue weighted by atomic mass is 10.0. The molecule has 0 aromatic carbocycles. The molecule has 0 saturated heterocycles. The summed E-state index contributed by atoms with van der Waals surface area (Å²) in [6.07, 6.45) is 55.5. The van der Waals surface area contributed by atoms with Crippen molar-refractivity contribution in [3.63, 3.8) is 0 Å². The minimum Gasteiger partial charge on any atom is -0.462 e. The molecule has 5 atom stereocenters. The Kier molecular flexibility index (Phi) is 66.5. The first-order valence-electron chi connectivity index (χ1n) is 39.5. The lowest BCUT2D eigenvalue weighted by molar-refractivity contribution is -0.161. The van der Waals surface area contributed by atoms with Gasteiger partial charge in [0.2, 0.25) is 0 Å². The third-order valence-electron chi connectivity index (χ3n) is 17.7. The summed E-state index contributed by atoms with van der Waals surface area (Å²) in [5.41, 5.74) is 0. The Balaban J connectivity index is 5.23. The SMILES string of the molecule is CCCCCCCCCCCCCCCCC(=O)OC[C@H](COP(=O)(O)OC[C@@H](O)COP(=O)(O)OC[C@@H](COC(=O)CCCCCCCCCC(C)C)OC(=O)CCCCCCCCCCCCCC)OC(=O)CCCCCCCCCCCCCCCCCCC(C)C. The molecule has 19 heteroatoms. The van der Waals surface area contributed by atoms with Crippen LogP contribution in [0.4, 0.5) is 0 Å². The summed E-state index contributed by atoms with van der Waals surface area (Å²) in [4.78, 5) is 72.8. The summed E-state index contributed by atoms with van der Waals surface area (Å²) in [5, 5.41) is 10.6. The zero-order valence-corrected chi connectivity index (χ0v) is 63.8. The van der Waals surface area contributed by atoms with E-state index in [1.165, 1.54) is 205 Å². The fourth-order valence-electron chi connectivity index (χ4n) is 11.7. The second kappa shape index (κ2) is 67.9. The number of aliphatic hydroxyl groups excluding tert-OH is 1. The van der Waals surface area contributed by atoms with E-state index in [-0.39, 0.29) is 25.7 Å². The summed E-state index contributed by atoms with van der Waals surface area (Å²) >= 11 is 0. The molecule has 0 bridgehead atoms. The molecule has 0 aromatic rings. The fourth-order valence-corrected chi connectivity index (χ4v) is 13.2. The topological polar surface area (TPSA) is 237 Å². The number of carbonyl (C=O) groups is 4. The maximum absolute atomic E-state index is 13.1. The molecule has 17 nitrogen and oxygen atoms in total. The van der Waals surface area contributed by atoms with Crippen molar-refractivity contribution in [1.82, 2.24) is 0 Å². The summed E-state index contributed by atoms with van der Waals surface area (Å²) in [7, 11) is -9.91. The predicted molar refractivity (Wildman–Crippen MR) is 386 cm³/mol. The van der Waals surface area contributed by atoms with E-state index < -0.39 is 97.5 Å². The monoisotopic (exact) mass is 1400 g/mol. The van der Waals surface area contributed by atoms with Crippen LogP contribution in [-0.2, 0) is 65.4 Å². The van der Waals surface area contributed by atoms with E-state index in [1.54, 1.807) is 0 Å². The molecule has 0 saturated carbocycles. The van der Waals surface area contributed by atoms with E-state index in [0.717, 1.165) is 102 Å². The molecule has 2 unspecified atom stereocenters. The van der Waals surface area contributed by atoms with Gasteiger partial charge in [0.25, 0.3) is 0 Å². The number of aliphatic hydroxyl groups is 1. The third-order valence-corrected chi connectivity index (χ3v) is 19.6. The van der Waals surface area contributed by atoms with Crippen molar-refractivity contribution >= 4 is 39.5 Å². The number of esters is 4. The molecule has 0 aliphatic rings. The fraction of sp³-hybridized carbons (Fsp3) is 0.947. The highest BCUT2D eigenvalue weighted by Crippen LogP contribution is 2.45. The number of rotatable bonds is 75. The van der Waals surface area contributed by atoms with Gasteiger partial charge in [-0.05, 0) is 37.5 Å². The second-order valence-electron chi connectivity index (χ2n) is 28.3. The van der Waals surface area contributed by atoms with Gasteiger partial charge in [0.05, 0.1) is 26.4 Å². The van der Waals surface area contributed by atoms with Crippen LogP contribution in [0.25, 0.3) is 0 Å². The van der Waals surface area contributed by atoms with Gasteiger partial charge in [0.15, 0.2) is 12.2 Å². The van der Waals surface area contributed by atoms with E-state index >= 15 is 0 Å². The molecule has 3 N–H and O–H groups in total. The minimum absolute atomic E-state index is 0.107. The molecular weight excluding hydrogens is 1250 g/mol. The summed E-state index contributed by atoms with van der Waals surface area (Å²) in [6, 6.07) is 0. The molecule has 0 amide bonds. The highest BCUT2D eigenvalue weighted by atomic mass is 31.2. The van der Waals surface area contributed by atoms with Crippen molar-refractivity contribution in [3.8, 4) is 0 Å². The average Bonchev–Trinajstić information content (AvgIpc) is 1.77. The maximum Gasteiger partial charge on any atom is 0.472 e. The molecular formula is C76H148O17P2. The molecule has 0 aliphatic heterocycles. The maximum atomic E-state index is 13.1. The number of phosphoric ester groups is 2. The second-order valence-corrected chi connectivity index (χ2v) is 31.3. The number of ether oxygens (including phenoxy) is 4. The van der Waals surface area contributed by atoms with E-state index in [4.69, 9.17) is 37.0 Å². The standard InChI is InChI=1S/C76H148O17P2/c1-7-9-11-13-15-17-19-21-27-31-34-40-46-52-58-73(78)86-64-71(92-76(81)61-55-49-42-36-32-28-25-23-22-24-26-29-33-38-44-50-56-68(3)4)66-90-94(82,83)88-62-70(77)63-89-95(84,85)91-67-72(65-87-74(79)59-53-47-43-37-39-45-51-57-69(5)6)93-75(80)60-54-48-41-35-30-20-18-16-14-12-10-8-2/h68-72,77H,7-67H2,1-6H3,(H,82,83)(H,84,85)/t70-,71-,72-/m1/s1. The van der Waals surface area contributed by atoms with Crippen molar-refractivity contribution in [3.05, 3.63) is 0 Å². The predicted octanol–water partition coefficient (Wildman–Crippen LogP) is 22.3. The van der Waals surface area contributed by atoms with Crippen molar-refractivity contribution in [2.24, 2.45) is 11.8 Å². The van der Waals surface area contributed by atoms with Crippen LogP contribution in [0.3, 0.4) is 0 Å². The van der Waals surface area contributed by atoms with Crippen LogP contribution in [0, 0.1) is 11.8 Å². The Labute approximate surface area is 581 Å². The van der Waals surface area contributed by atoms with Gasteiger partial charge in [-0.25, -0.2) is 9.13 Å². The van der Waals surface area contributed by atoms with Crippen LogP contribution in [0.2, 0.25) is 0 Å². The van der Waals surface area contributed by atoms with Crippen molar-refractivity contribution in [1.29, 1.82) is 0 Å². The first kappa shape index (κ1) is 93.1. The number of unbranched alkanes of at least 4 members (excludes halogenated alkanes) is 45. The molecule has 0 radical (unpaired) electrons. The lowest BCUT2D eigenvalue weighted by Crippen LogP contribution is -2.30. The Morgan fingerprint density at radius 1 is 0.284 bits per heavy atom. The average molecular weight is 1400 g/mol. The Morgan fingerprint density at radius 3 is 0.716 bits per heavy atom. The van der Waals surface area contributed by atoms with E-state index in [9.17, 15) is 43.2 Å². The van der Waals surface area contributed by atoms with E-state index in [1.807, 2.05) is 0 Å². The van der Waals surface area contributed by atoms with Gasteiger partial charge in [-0.1, -0.05) is 343 Å². The molecule has 0 aliphatic carbocycles. The van der Waals surface area contributed by atoms with E-state index in [0.29, 0.717) is 31.6 Å². The summed E-state index contributed by atoms with van der Waals surface area (Å²) in [5.74, 6) is -0.600. The number of hydrogen-bond donors (Lipinski definition) is 3. The molecule has 564 valence electrons. The highest BCUT2D eigenvalue weighted by Gasteiger charge is 2.30. The number of carbonyl (C=O) groups excluding carboxylic acids is 4. The number of phosphoric acid groups is 2. The van der Waals surface area contributed by atoms with Crippen LogP contribution < -0.4 is 0 Å². The van der Waals surface area contributed by atoms with Crippen LogP contribution in [0.1, 0.15) is 395 Å². The Hall–Kier alpha value is -1.94. The third kappa shape index (κ3) is 70.3. The van der Waals surface area contributed by atoms with Crippen LogP contribution in [-0.4, -0.2) is 96.7 Å². The molecule has 0 heterocycles. The number of hydrogen-bond acceptors (Lipinski definition) is 15. The molecule has 0 aromatic heterocycles. The zero-order chi connectivity index (χ0) is 70.0. The van der Waals surface area contributed by atoms with Gasteiger partial charge in [-0.15, -0.1) is 0 Å². The van der Waals surface area contributed by atoms with Gasteiger partial charge in [-0.3, -0.25) is 37.3 Å². The van der Waals surface area contributed by atoms with Gasteiger partial charge in [-0.2, -0.15) is 0 Å². The zero-order valence-electron chi connectivity index (χ0n) is 62.0. The smallest absolute Gasteiger partial charge is 0.462 e. The van der Waals surface area contributed by atoms with Crippen LogP contribution in [0.15, 0.2) is 0 Å². The highest BCUT2D eigenvalue weighted by molar-refractivity contribution is 7.47. The van der Waals surface area contributed by atoms with Crippen molar-refractivity contribution in [2.45, 2.75) is 413 Å². The summed E-state index contributed by atoms with van der Waals surface area (Å²) in [6.45, 7) is 9.57. The molecule has 0 spiro atoms. The quantitative estimate of drug-likeness (QED) is 0.0222. The normalized spacial score (nSPS) is 14.0. The summed E-state index contributed by atoms with van der Waals surface area (Å²) < 4.78 is 68.5. The Morgan fingerprint density at radius 2 is 0.484 bits per heavy atom. The van der Waals surface area contributed by atoms with Gasteiger partial charge < -0.3 is 33.8 Å². The van der Waals surface area contributed by atoms with Crippen LogP contribution in [0.5, 0.6) is 0 Å². The minimum atomic E-state index is -4.96. The van der Waals surface area contributed by atoms with Gasteiger partial charge >= 0.3 is 39.5 Å². The van der Waals surface area contributed by atoms with Gasteiger partial charge in [0, 0.05) is 25.7 Å². The molecule has 0 fully saturated rings. The lowest BCUT2D eigenvalue weighted by Gasteiger charge is -2.21. The van der Waals surface area contributed by atoms with Crippen molar-refractivity contribution < 1.29 is 80.2 Å². The Bertz CT molecular complexity index is 1840. The van der Waals surface area contributed by atoms with Gasteiger partial charge in [0.1, 0.15) is 19.3 Å². The van der Waals surface area contributed by atoms with Crippen molar-refractivity contribution in [2.75, 3.05) is 39.6 Å².